The predicted octanol–water partition coefficient (Wildman–Crippen LogP) is 3.70. The Hall–Kier alpha value is -1.39. The molecule has 3 rings (SSSR count). The molecule has 4 heteroatoms. The smallest absolute Gasteiger partial charge is 0.143 e. The number of piperidine rings is 1. The fourth-order valence-corrected chi connectivity index (χ4v) is 4.69. The van der Waals surface area contributed by atoms with Crippen molar-refractivity contribution in [1.29, 1.82) is 0 Å². The van der Waals surface area contributed by atoms with Gasteiger partial charge in [-0.15, -0.1) is 0 Å². The van der Waals surface area contributed by atoms with Crippen molar-refractivity contribution >= 4 is 11.5 Å². The lowest BCUT2D eigenvalue weighted by atomic mass is 9.93. The monoisotopic (exact) mass is 385 g/mol. The van der Waals surface area contributed by atoms with Crippen molar-refractivity contribution in [2.24, 2.45) is 11.8 Å². The number of hydrogen-bond donors (Lipinski definition) is 0. The molecule has 2 heterocycles. The van der Waals surface area contributed by atoms with Crippen molar-refractivity contribution in [1.82, 2.24) is 9.80 Å². The van der Waals surface area contributed by atoms with Gasteiger partial charge in [0.2, 0.25) is 0 Å². The van der Waals surface area contributed by atoms with Crippen LogP contribution in [0.4, 0.5) is 5.69 Å². The first-order valence-electron chi connectivity index (χ1n) is 11.3. The minimum absolute atomic E-state index is 0.297. The first-order chi connectivity index (χ1) is 13.5. The van der Waals surface area contributed by atoms with Gasteiger partial charge in [-0.3, -0.25) is 14.6 Å². The maximum absolute atomic E-state index is 11.3. The molecule has 0 unspecified atom stereocenters. The van der Waals surface area contributed by atoms with Crippen molar-refractivity contribution in [3.63, 3.8) is 0 Å². The van der Waals surface area contributed by atoms with Gasteiger partial charge in [0.1, 0.15) is 5.78 Å². The molecule has 28 heavy (non-hydrogen) atoms. The van der Waals surface area contributed by atoms with Crippen molar-refractivity contribution in [2.45, 2.75) is 46.5 Å². The Kier molecular flexibility index (Phi) is 7.92. The summed E-state index contributed by atoms with van der Waals surface area (Å²) in [6, 6.07) is 9.15. The summed E-state index contributed by atoms with van der Waals surface area (Å²) in [6.45, 7) is 15.0. The molecule has 0 bridgehead atoms. The maximum atomic E-state index is 11.3. The van der Waals surface area contributed by atoms with E-state index >= 15 is 0 Å². The summed E-state index contributed by atoms with van der Waals surface area (Å²) in [4.78, 5) is 18.8. The van der Waals surface area contributed by atoms with Crippen LogP contribution in [-0.2, 0) is 11.2 Å². The number of benzene rings is 1. The third kappa shape index (κ3) is 6.59. The highest BCUT2D eigenvalue weighted by molar-refractivity contribution is 5.77. The second-order valence-corrected chi connectivity index (χ2v) is 9.31. The predicted molar refractivity (Wildman–Crippen MR) is 118 cm³/mol. The van der Waals surface area contributed by atoms with Crippen LogP contribution in [0, 0.1) is 11.8 Å². The average molecular weight is 386 g/mol. The fourth-order valence-electron chi connectivity index (χ4n) is 4.69. The van der Waals surface area contributed by atoms with E-state index in [1.165, 1.54) is 56.6 Å². The van der Waals surface area contributed by atoms with Crippen LogP contribution in [0.3, 0.4) is 0 Å². The molecule has 4 nitrogen and oxygen atoms in total. The molecular weight excluding hydrogens is 346 g/mol. The van der Waals surface area contributed by atoms with Crippen LogP contribution in [0.15, 0.2) is 24.3 Å². The van der Waals surface area contributed by atoms with Crippen LogP contribution >= 0.6 is 0 Å². The highest BCUT2D eigenvalue weighted by Gasteiger charge is 2.22. The Labute approximate surface area is 171 Å². The minimum Gasteiger partial charge on any atom is -0.369 e. The van der Waals surface area contributed by atoms with Crippen LogP contribution in [0.2, 0.25) is 0 Å². The van der Waals surface area contributed by atoms with E-state index in [1.54, 1.807) is 6.92 Å². The first-order valence-corrected chi connectivity index (χ1v) is 11.3. The van der Waals surface area contributed by atoms with Gasteiger partial charge >= 0.3 is 0 Å². The number of ketones is 1. The fraction of sp³-hybridized carbons (Fsp3) is 0.708. The van der Waals surface area contributed by atoms with E-state index in [1.807, 2.05) is 0 Å². The van der Waals surface area contributed by atoms with E-state index in [2.05, 4.69) is 52.8 Å². The van der Waals surface area contributed by atoms with E-state index in [0.717, 1.165) is 32.1 Å². The second kappa shape index (κ2) is 10.4. The molecule has 2 saturated heterocycles. The normalized spacial score (nSPS) is 20.1. The average Bonchev–Trinajstić information content (AvgIpc) is 2.67. The van der Waals surface area contributed by atoms with Gasteiger partial charge in [0.05, 0.1) is 6.54 Å². The van der Waals surface area contributed by atoms with Gasteiger partial charge < -0.3 is 4.90 Å². The number of hydrogen-bond acceptors (Lipinski definition) is 4. The van der Waals surface area contributed by atoms with E-state index in [0.29, 0.717) is 18.2 Å². The molecule has 0 N–H and O–H groups in total. The van der Waals surface area contributed by atoms with Crippen molar-refractivity contribution in [3.05, 3.63) is 29.8 Å². The van der Waals surface area contributed by atoms with Crippen molar-refractivity contribution in [3.8, 4) is 0 Å². The van der Waals surface area contributed by atoms with Crippen molar-refractivity contribution < 1.29 is 4.79 Å². The molecular formula is C24H39N3O. The SMILES string of the molecule is CC(=O)CN1CCC(CCN2CCN(c3cccc(CC(C)C)c3)CC2)CC1. The summed E-state index contributed by atoms with van der Waals surface area (Å²) < 4.78 is 0. The van der Waals surface area contributed by atoms with Gasteiger partial charge in [0.15, 0.2) is 0 Å². The summed E-state index contributed by atoms with van der Waals surface area (Å²) in [7, 11) is 0. The van der Waals surface area contributed by atoms with Crippen LogP contribution in [0.25, 0.3) is 0 Å². The quantitative estimate of drug-likeness (QED) is 0.682. The number of carbonyl (C=O) groups excluding carboxylic acids is 1. The number of nitrogens with zero attached hydrogens (tertiary/aromatic N) is 3. The summed E-state index contributed by atoms with van der Waals surface area (Å²) in [5, 5.41) is 0. The Morgan fingerprint density at radius 1 is 1.04 bits per heavy atom. The van der Waals surface area contributed by atoms with E-state index < -0.39 is 0 Å². The number of likely N-dealkylation sites (tertiary alicyclic amines) is 1. The number of piperazine rings is 1. The molecule has 0 spiro atoms. The van der Waals surface area contributed by atoms with Crippen LogP contribution < -0.4 is 4.90 Å². The van der Waals surface area contributed by atoms with Gasteiger partial charge in [-0.25, -0.2) is 0 Å². The molecule has 0 aromatic heterocycles. The molecule has 1 aromatic rings. The van der Waals surface area contributed by atoms with Crippen LogP contribution in [0.5, 0.6) is 0 Å². The molecule has 156 valence electrons. The zero-order valence-corrected chi connectivity index (χ0v) is 18.2. The third-order valence-corrected chi connectivity index (χ3v) is 6.30. The summed E-state index contributed by atoms with van der Waals surface area (Å²) >= 11 is 0. The van der Waals surface area contributed by atoms with Gasteiger partial charge in [0, 0.05) is 31.9 Å². The first kappa shape index (κ1) is 21.3. The van der Waals surface area contributed by atoms with Crippen LogP contribution in [-0.4, -0.2) is 67.9 Å². The zero-order chi connectivity index (χ0) is 19.9. The molecule has 0 amide bonds. The standard InChI is InChI=1S/C24H39N3O/c1-20(2)17-23-5-4-6-24(18-23)27-15-13-25(14-16-27)10-7-22-8-11-26(12-9-22)19-21(3)28/h4-6,18,20,22H,7-17,19H2,1-3H3. The molecule has 0 radical (unpaired) electrons. The maximum Gasteiger partial charge on any atom is 0.143 e. The van der Waals surface area contributed by atoms with Crippen LogP contribution in [0.1, 0.15) is 45.6 Å². The van der Waals surface area contributed by atoms with Crippen molar-refractivity contribution in [2.75, 3.05) is 57.3 Å². The topological polar surface area (TPSA) is 26.8 Å². The molecule has 1 aromatic carbocycles. The van der Waals surface area contributed by atoms with E-state index in [-0.39, 0.29) is 0 Å². The Bertz CT molecular complexity index is 614. The summed E-state index contributed by atoms with van der Waals surface area (Å²) in [5.41, 5.74) is 2.86. The number of rotatable bonds is 8. The Morgan fingerprint density at radius 2 is 1.75 bits per heavy atom. The summed E-state index contributed by atoms with van der Waals surface area (Å²) in [5.74, 6) is 1.85. The number of Topliss-reactive ketones (excluding diaryl/α,β-unsaturated/α-hetero) is 1. The molecule has 0 aliphatic carbocycles. The van der Waals surface area contributed by atoms with E-state index in [4.69, 9.17) is 0 Å². The largest absolute Gasteiger partial charge is 0.369 e. The lowest BCUT2D eigenvalue weighted by molar-refractivity contribution is -0.118. The van der Waals surface area contributed by atoms with Gasteiger partial charge in [-0.2, -0.15) is 0 Å². The molecule has 0 saturated carbocycles. The molecule has 2 aliphatic heterocycles. The third-order valence-electron chi connectivity index (χ3n) is 6.30. The Balaban J connectivity index is 1.37. The molecule has 2 aliphatic rings. The van der Waals surface area contributed by atoms with E-state index in [9.17, 15) is 4.79 Å². The van der Waals surface area contributed by atoms with Gasteiger partial charge in [0.25, 0.3) is 0 Å². The molecule has 2 fully saturated rings. The lowest BCUT2D eigenvalue weighted by Gasteiger charge is -2.37. The zero-order valence-electron chi connectivity index (χ0n) is 18.2. The highest BCUT2D eigenvalue weighted by atomic mass is 16.1. The highest BCUT2D eigenvalue weighted by Crippen LogP contribution is 2.23. The minimum atomic E-state index is 0.297. The lowest BCUT2D eigenvalue weighted by Crippen LogP contribution is -2.47. The number of anilines is 1. The Morgan fingerprint density at radius 3 is 2.39 bits per heavy atom. The van der Waals surface area contributed by atoms with Gasteiger partial charge in [-0.1, -0.05) is 26.0 Å². The number of carbonyl (C=O) groups is 1. The summed E-state index contributed by atoms with van der Waals surface area (Å²) in [6.07, 6.45) is 5.00. The van der Waals surface area contributed by atoms with Gasteiger partial charge in [-0.05, 0) is 81.8 Å². The molecule has 0 atom stereocenters. The second-order valence-electron chi connectivity index (χ2n) is 9.31.